The molecule has 0 fully saturated rings. The standard InChI is InChI=1S/C20H18F2N2O2/c1-20(2,3)17-12-18(24(23-17)16-10-8-15(22)9-11-16)26-19(25)13-4-6-14(21)7-5-13/h4-12H,1-3H3. The minimum absolute atomic E-state index is 0.204. The molecular formula is C20H18F2N2O2. The van der Waals surface area contributed by atoms with Gasteiger partial charge in [-0.2, -0.15) is 5.10 Å². The van der Waals surface area contributed by atoms with Crippen LogP contribution in [0.25, 0.3) is 5.69 Å². The van der Waals surface area contributed by atoms with Crippen LogP contribution in [0.1, 0.15) is 36.8 Å². The first-order valence-corrected chi connectivity index (χ1v) is 8.08. The van der Waals surface area contributed by atoms with Gasteiger partial charge in [-0.3, -0.25) is 0 Å². The van der Waals surface area contributed by atoms with Crippen molar-refractivity contribution in [2.24, 2.45) is 0 Å². The number of nitrogens with zero attached hydrogens (tertiary/aromatic N) is 2. The van der Waals surface area contributed by atoms with E-state index in [0.29, 0.717) is 11.4 Å². The molecule has 0 aliphatic rings. The molecular weight excluding hydrogens is 338 g/mol. The normalized spacial score (nSPS) is 11.4. The molecule has 0 saturated carbocycles. The van der Waals surface area contributed by atoms with Gasteiger partial charge < -0.3 is 4.74 Å². The molecule has 1 heterocycles. The minimum atomic E-state index is -0.631. The molecule has 2 aromatic carbocycles. The van der Waals surface area contributed by atoms with Gasteiger partial charge in [0.05, 0.1) is 16.9 Å². The van der Waals surface area contributed by atoms with Crippen LogP contribution in [0.5, 0.6) is 5.88 Å². The van der Waals surface area contributed by atoms with Gasteiger partial charge >= 0.3 is 5.97 Å². The fourth-order valence-corrected chi connectivity index (χ4v) is 2.31. The van der Waals surface area contributed by atoms with Crippen molar-refractivity contribution in [2.75, 3.05) is 0 Å². The molecule has 0 amide bonds. The van der Waals surface area contributed by atoms with E-state index in [9.17, 15) is 13.6 Å². The van der Waals surface area contributed by atoms with E-state index in [0.717, 1.165) is 0 Å². The number of ether oxygens (including phenoxy) is 1. The molecule has 3 aromatic rings. The van der Waals surface area contributed by atoms with E-state index in [4.69, 9.17) is 4.74 Å². The van der Waals surface area contributed by atoms with Gasteiger partial charge in [0.2, 0.25) is 5.88 Å². The first-order valence-electron chi connectivity index (χ1n) is 8.08. The zero-order valence-electron chi connectivity index (χ0n) is 14.7. The van der Waals surface area contributed by atoms with Crippen LogP contribution in [0.15, 0.2) is 54.6 Å². The van der Waals surface area contributed by atoms with E-state index in [2.05, 4.69) is 5.10 Å². The Labute approximate surface area is 150 Å². The lowest BCUT2D eigenvalue weighted by molar-refractivity contribution is 0.0723. The highest BCUT2D eigenvalue weighted by Gasteiger charge is 2.23. The van der Waals surface area contributed by atoms with Gasteiger partial charge in [0, 0.05) is 11.5 Å². The molecule has 6 heteroatoms. The third kappa shape index (κ3) is 3.79. The second kappa shape index (κ2) is 6.71. The molecule has 4 nitrogen and oxygen atoms in total. The number of rotatable bonds is 3. The first kappa shape index (κ1) is 17.8. The van der Waals surface area contributed by atoms with Crippen molar-refractivity contribution in [3.63, 3.8) is 0 Å². The Kier molecular flexibility index (Phi) is 4.59. The van der Waals surface area contributed by atoms with Crippen molar-refractivity contribution in [1.29, 1.82) is 0 Å². The monoisotopic (exact) mass is 356 g/mol. The van der Waals surface area contributed by atoms with Gasteiger partial charge in [-0.1, -0.05) is 20.8 Å². The van der Waals surface area contributed by atoms with E-state index in [1.807, 2.05) is 20.8 Å². The maximum atomic E-state index is 13.2. The molecule has 0 N–H and O–H groups in total. The molecule has 0 aliphatic carbocycles. The number of esters is 1. The molecule has 0 radical (unpaired) electrons. The van der Waals surface area contributed by atoms with Gasteiger partial charge in [-0.25, -0.2) is 18.3 Å². The van der Waals surface area contributed by atoms with Gasteiger partial charge in [0.1, 0.15) is 11.6 Å². The topological polar surface area (TPSA) is 44.1 Å². The van der Waals surface area contributed by atoms with Gasteiger partial charge in [0.15, 0.2) is 0 Å². The van der Waals surface area contributed by atoms with E-state index in [-0.39, 0.29) is 22.7 Å². The van der Waals surface area contributed by atoms with Crippen LogP contribution in [-0.4, -0.2) is 15.7 Å². The predicted molar refractivity (Wildman–Crippen MR) is 93.6 cm³/mol. The second-order valence-electron chi connectivity index (χ2n) is 6.90. The molecule has 26 heavy (non-hydrogen) atoms. The quantitative estimate of drug-likeness (QED) is 0.641. The van der Waals surface area contributed by atoms with E-state index >= 15 is 0 Å². The lowest BCUT2D eigenvalue weighted by Gasteiger charge is -2.13. The van der Waals surface area contributed by atoms with Crippen molar-refractivity contribution < 1.29 is 18.3 Å². The fraction of sp³-hybridized carbons (Fsp3) is 0.200. The number of benzene rings is 2. The van der Waals surface area contributed by atoms with Crippen LogP contribution >= 0.6 is 0 Å². The summed E-state index contributed by atoms with van der Waals surface area (Å²) in [5.41, 5.74) is 1.21. The van der Waals surface area contributed by atoms with Crippen LogP contribution in [0.4, 0.5) is 8.78 Å². The largest absolute Gasteiger partial charge is 0.404 e. The molecule has 0 bridgehead atoms. The summed E-state index contributed by atoms with van der Waals surface area (Å²) in [6, 6.07) is 12.4. The Bertz CT molecular complexity index is 924. The maximum Gasteiger partial charge on any atom is 0.344 e. The molecule has 0 saturated heterocycles. The Hall–Kier alpha value is -3.02. The number of hydrogen-bond acceptors (Lipinski definition) is 3. The summed E-state index contributed by atoms with van der Waals surface area (Å²) < 4.78 is 33.2. The predicted octanol–water partition coefficient (Wildman–Crippen LogP) is 4.67. The van der Waals surface area contributed by atoms with Crippen molar-refractivity contribution in [1.82, 2.24) is 9.78 Å². The van der Waals surface area contributed by atoms with Crippen LogP contribution < -0.4 is 4.74 Å². The maximum absolute atomic E-state index is 13.2. The highest BCUT2D eigenvalue weighted by atomic mass is 19.1. The molecule has 134 valence electrons. The summed E-state index contributed by atoms with van der Waals surface area (Å²) in [5.74, 6) is -1.24. The molecule has 3 rings (SSSR count). The van der Waals surface area contributed by atoms with Crippen molar-refractivity contribution in [2.45, 2.75) is 26.2 Å². The average molecular weight is 356 g/mol. The smallest absolute Gasteiger partial charge is 0.344 e. The van der Waals surface area contributed by atoms with Crippen LogP contribution in [0.3, 0.4) is 0 Å². The summed E-state index contributed by atoms with van der Waals surface area (Å²) in [4.78, 5) is 12.4. The third-order valence-electron chi connectivity index (χ3n) is 3.79. The minimum Gasteiger partial charge on any atom is -0.404 e. The van der Waals surface area contributed by atoms with Crippen molar-refractivity contribution >= 4 is 5.97 Å². The van der Waals surface area contributed by atoms with Gasteiger partial charge in [-0.05, 0) is 48.5 Å². The van der Waals surface area contributed by atoms with Gasteiger partial charge in [-0.15, -0.1) is 0 Å². The second-order valence-corrected chi connectivity index (χ2v) is 6.90. The number of carbonyl (C=O) groups is 1. The van der Waals surface area contributed by atoms with E-state index in [1.54, 1.807) is 18.2 Å². The lowest BCUT2D eigenvalue weighted by Crippen LogP contribution is -2.13. The molecule has 0 unspecified atom stereocenters. The SMILES string of the molecule is CC(C)(C)c1cc(OC(=O)c2ccc(F)cc2)n(-c2ccc(F)cc2)n1. The molecule has 1 aromatic heterocycles. The zero-order valence-corrected chi connectivity index (χ0v) is 14.7. The Morgan fingerprint density at radius 3 is 2.04 bits per heavy atom. The number of halogens is 2. The first-order chi connectivity index (χ1) is 12.2. The highest BCUT2D eigenvalue weighted by molar-refractivity contribution is 5.90. The summed E-state index contributed by atoms with van der Waals surface area (Å²) in [5, 5.41) is 4.50. The van der Waals surface area contributed by atoms with Crippen molar-refractivity contribution in [3.8, 4) is 11.6 Å². The Balaban J connectivity index is 1.99. The van der Waals surface area contributed by atoms with Crippen LogP contribution in [0, 0.1) is 11.6 Å². The van der Waals surface area contributed by atoms with Crippen molar-refractivity contribution in [3.05, 3.63) is 77.5 Å². The number of hydrogen-bond donors (Lipinski definition) is 0. The molecule has 0 atom stereocenters. The highest BCUT2D eigenvalue weighted by Crippen LogP contribution is 2.28. The summed E-state index contributed by atoms with van der Waals surface area (Å²) >= 11 is 0. The number of carbonyl (C=O) groups excluding carboxylic acids is 1. The van der Waals surface area contributed by atoms with Gasteiger partial charge in [0.25, 0.3) is 0 Å². The van der Waals surface area contributed by atoms with E-state index in [1.165, 1.54) is 41.1 Å². The molecule has 0 aliphatic heterocycles. The van der Waals surface area contributed by atoms with Crippen LogP contribution in [-0.2, 0) is 5.41 Å². The summed E-state index contributed by atoms with van der Waals surface area (Å²) in [6.07, 6.45) is 0. The average Bonchev–Trinajstić information content (AvgIpc) is 3.00. The van der Waals surface area contributed by atoms with E-state index < -0.39 is 11.8 Å². The zero-order chi connectivity index (χ0) is 18.9. The van der Waals surface area contributed by atoms with Crippen LogP contribution in [0.2, 0.25) is 0 Å². The fourth-order valence-electron chi connectivity index (χ4n) is 2.31. The molecule has 0 spiro atoms. The summed E-state index contributed by atoms with van der Waals surface area (Å²) in [7, 11) is 0. The third-order valence-corrected chi connectivity index (χ3v) is 3.79. The summed E-state index contributed by atoms with van der Waals surface area (Å²) in [6.45, 7) is 5.95. The number of aromatic nitrogens is 2. The Morgan fingerprint density at radius 1 is 0.962 bits per heavy atom. The lowest BCUT2D eigenvalue weighted by atomic mass is 9.93. The Morgan fingerprint density at radius 2 is 1.50 bits per heavy atom.